The maximum absolute atomic E-state index is 13.1. The number of rotatable bonds is 10. The first kappa shape index (κ1) is 27.9. The summed E-state index contributed by atoms with van der Waals surface area (Å²) in [5.41, 5.74) is 4.11. The summed E-state index contributed by atoms with van der Waals surface area (Å²) in [6.07, 6.45) is 2.45. The minimum Gasteiger partial charge on any atom is -0.490 e. The third-order valence-electron chi connectivity index (χ3n) is 5.89. The van der Waals surface area contributed by atoms with E-state index < -0.39 is 22.0 Å². The van der Waals surface area contributed by atoms with Gasteiger partial charge in [-0.3, -0.25) is 4.79 Å². The number of carbonyl (C=O) groups excluding carboxylic acids is 1. The smallest absolute Gasteiger partial charge is 0.258 e. The largest absolute Gasteiger partial charge is 0.490 e. The van der Waals surface area contributed by atoms with Gasteiger partial charge in [-0.25, -0.2) is 13.8 Å². The first-order valence-corrected chi connectivity index (χ1v) is 14.2. The van der Waals surface area contributed by atoms with Crippen LogP contribution in [0.2, 0.25) is 10.0 Å². The molecule has 1 amide bonds. The quantitative estimate of drug-likeness (QED) is 0.262. The number of nitrogens with one attached hydrogen (secondary N) is 1. The first-order valence-electron chi connectivity index (χ1n) is 12.0. The van der Waals surface area contributed by atoms with Gasteiger partial charge in [-0.2, -0.15) is 9.41 Å². The highest BCUT2D eigenvalue weighted by molar-refractivity contribution is 7.89. The average Bonchev–Trinajstić information content (AvgIpc) is 3.41. The van der Waals surface area contributed by atoms with Crippen LogP contribution in [0, 0.1) is 0 Å². The molecule has 8 nitrogen and oxygen atoms in total. The molecule has 0 aliphatic carbocycles. The molecule has 4 rings (SSSR count). The maximum atomic E-state index is 13.1. The van der Waals surface area contributed by atoms with Crippen LogP contribution >= 0.6 is 23.2 Å². The van der Waals surface area contributed by atoms with E-state index in [2.05, 4.69) is 10.5 Å². The summed E-state index contributed by atoms with van der Waals surface area (Å²) in [5.74, 6) is 0.606. The Bertz CT molecular complexity index is 1400. The number of hydrazone groups is 1. The lowest BCUT2D eigenvalue weighted by Gasteiger charge is -2.22. The first-order chi connectivity index (χ1) is 18.3. The molecule has 1 aliphatic heterocycles. The number of benzene rings is 3. The lowest BCUT2D eigenvalue weighted by Crippen LogP contribution is -2.44. The van der Waals surface area contributed by atoms with Crippen molar-refractivity contribution in [3.05, 3.63) is 87.9 Å². The van der Waals surface area contributed by atoms with Gasteiger partial charge in [-0.05, 0) is 85.5 Å². The molecule has 38 heavy (non-hydrogen) atoms. The van der Waals surface area contributed by atoms with E-state index in [4.69, 9.17) is 32.7 Å². The summed E-state index contributed by atoms with van der Waals surface area (Å²) in [7, 11) is -3.85. The molecule has 1 N–H and O–H groups in total. The van der Waals surface area contributed by atoms with Crippen molar-refractivity contribution < 1.29 is 22.7 Å². The zero-order valence-corrected chi connectivity index (χ0v) is 23.0. The SMILES string of the molecule is CCOc1cc(/C=N\NC(=O)[C@@H]2CCCN2S(=O)(=O)c2ccc(Cl)cc2)ccc1OCc1ccc(Cl)cc1. The predicted octanol–water partition coefficient (Wildman–Crippen LogP) is 5.27. The number of carbonyl (C=O) groups is 1. The second kappa shape index (κ2) is 12.6. The molecule has 1 fully saturated rings. The molecule has 0 saturated carbocycles. The van der Waals surface area contributed by atoms with Gasteiger partial charge in [0.15, 0.2) is 11.5 Å². The summed E-state index contributed by atoms with van der Waals surface area (Å²) in [6.45, 7) is 2.91. The molecule has 0 bridgehead atoms. The van der Waals surface area contributed by atoms with Gasteiger partial charge in [0, 0.05) is 16.6 Å². The van der Waals surface area contributed by atoms with Crippen molar-refractivity contribution in [1.29, 1.82) is 0 Å². The summed E-state index contributed by atoms with van der Waals surface area (Å²) in [5, 5.41) is 5.14. The van der Waals surface area contributed by atoms with Gasteiger partial charge in [0.2, 0.25) is 10.0 Å². The molecule has 0 radical (unpaired) electrons. The minimum absolute atomic E-state index is 0.0897. The van der Waals surface area contributed by atoms with E-state index in [9.17, 15) is 13.2 Å². The molecule has 1 saturated heterocycles. The number of hydrogen-bond acceptors (Lipinski definition) is 6. The number of halogens is 2. The number of ether oxygens (including phenoxy) is 2. The Labute approximate surface area is 232 Å². The third kappa shape index (κ3) is 6.85. The van der Waals surface area contributed by atoms with Crippen LogP contribution in [0.4, 0.5) is 0 Å². The number of amides is 1. The van der Waals surface area contributed by atoms with Crippen LogP contribution in [0.15, 0.2) is 76.7 Å². The molecule has 3 aromatic carbocycles. The molecule has 1 atom stereocenters. The Morgan fingerprint density at radius 1 is 1.03 bits per heavy atom. The molecular weight excluding hydrogens is 549 g/mol. The summed E-state index contributed by atoms with van der Waals surface area (Å²) >= 11 is 11.8. The molecule has 0 aromatic heterocycles. The molecular formula is C27H27Cl2N3O5S. The van der Waals surface area contributed by atoms with Gasteiger partial charge >= 0.3 is 0 Å². The van der Waals surface area contributed by atoms with E-state index in [0.29, 0.717) is 53.2 Å². The topological polar surface area (TPSA) is 97.3 Å². The van der Waals surface area contributed by atoms with Gasteiger partial charge < -0.3 is 9.47 Å². The van der Waals surface area contributed by atoms with Crippen molar-refractivity contribution in [1.82, 2.24) is 9.73 Å². The van der Waals surface area contributed by atoms with Gasteiger partial charge in [0.1, 0.15) is 12.6 Å². The summed E-state index contributed by atoms with van der Waals surface area (Å²) in [6, 6.07) is 17.7. The van der Waals surface area contributed by atoms with Gasteiger partial charge in [-0.1, -0.05) is 35.3 Å². The van der Waals surface area contributed by atoms with Crippen molar-refractivity contribution in [3.63, 3.8) is 0 Å². The Kier molecular flexibility index (Phi) is 9.27. The zero-order valence-electron chi connectivity index (χ0n) is 20.6. The van der Waals surface area contributed by atoms with Gasteiger partial charge in [-0.15, -0.1) is 0 Å². The van der Waals surface area contributed by atoms with E-state index in [1.165, 1.54) is 34.8 Å². The fraction of sp³-hybridized carbons (Fsp3) is 0.259. The molecule has 0 unspecified atom stereocenters. The number of nitrogens with zero attached hydrogens (tertiary/aromatic N) is 2. The van der Waals surface area contributed by atoms with Crippen LogP contribution in [0.3, 0.4) is 0 Å². The highest BCUT2D eigenvalue weighted by Gasteiger charge is 2.39. The Hall–Kier alpha value is -3.11. The van der Waals surface area contributed by atoms with Gasteiger partial charge in [0.05, 0.1) is 17.7 Å². The highest BCUT2D eigenvalue weighted by atomic mass is 35.5. The van der Waals surface area contributed by atoms with E-state index in [1.807, 2.05) is 19.1 Å². The Morgan fingerprint density at radius 3 is 2.39 bits per heavy atom. The molecule has 11 heteroatoms. The fourth-order valence-corrected chi connectivity index (χ4v) is 5.92. The summed E-state index contributed by atoms with van der Waals surface area (Å²) in [4.78, 5) is 12.9. The fourth-order valence-electron chi connectivity index (χ4n) is 4.01. The van der Waals surface area contributed by atoms with Crippen LogP contribution in [0.5, 0.6) is 11.5 Å². The van der Waals surface area contributed by atoms with Crippen molar-refractivity contribution >= 4 is 45.3 Å². The lowest BCUT2D eigenvalue weighted by atomic mass is 10.2. The van der Waals surface area contributed by atoms with E-state index >= 15 is 0 Å². The van der Waals surface area contributed by atoms with E-state index in [1.54, 1.807) is 30.3 Å². The van der Waals surface area contributed by atoms with Crippen molar-refractivity contribution in [2.24, 2.45) is 5.10 Å². The van der Waals surface area contributed by atoms with Crippen LogP contribution in [0.1, 0.15) is 30.9 Å². The van der Waals surface area contributed by atoms with Crippen LogP contribution in [-0.4, -0.2) is 44.0 Å². The van der Waals surface area contributed by atoms with Crippen LogP contribution in [0.25, 0.3) is 0 Å². The maximum Gasteiger partial charge on any atom is 0.258 e. The third-order valence-corrected chi connectivity index (χ3v) is 8.32. The minimum atomic E-state index is -3.85. The number of hydrogen-bond donors (Lipinski definition) is 1. The standard InChI is InChI=1S/C27H27Cl2N3O5S/c1-2-36-26-16-20(7-14-25(26)37-18-19-5-8-21(28)9-6-19)17-30-31-27(33)24-4-3-15-32(24)38(34,35)23-12-10-22(29)11-13-23/h5-14,16-17,24H,2-4,15,18H2,1H3,(H,31,33)/b30-17-/t24-/m0/s1. The molecule has 1 heterocycles. The Morgan fingerprint density at radius 2 is 1.71 bits per heavy atom. The average molecular weight is 577 g/mol. The normalized spacial score (nSPS) is 16.0. The molecule has 200 valence electrons. The van der Waals surface area contributed by atoms with Crippen molar-refractivity contribution in [3.8, 4) is 11.5 Å². The van der Waals surface area contributed by atoms with Crippen molar-refractivity contribution in [2.45, 2.75) is 37.3 Å². The number of sulfonamides is 1. The monoisotopic (exact) mass is 575 g/mol. The predicted molar refractivity (Wildman–Crippen MR) is 147 cm³/mol. The van der Waals surface area contributed by atoms with Crippen LogP contribution < -0.4 is 14.9 Å². The second-order valence-corrected chi connectivity index (χ2v) is 11.3. The second-order valence-electron chi connectivity index (χ2n) is 8.52. The summed E-state index contributed by atoms with van der Waals surface area (Å²) < 4.78 is 39.0. The highest BCUT2D eigenvalue weighted by Crippen LogP contribution is 2.29. The van der Waals surface area contributed by atoms with Crippen molar-refractivity contribution in [2.75, 3.05) is 13.2 Å². The van der Waals surface area contributed by atoms with E-state index in [0.717, 1.165) is 5.56 Å². The molecule has 0 spiro atoms. The lowest BCUT2D eigenvalue weighted by molar-refractivity contribution is -0.124. The van der Waals surface area contributed by atoms with Gasteiger partial charge in [0.25, 0.3) is 5.91 Å². The Balaban J connectivity index is 1.40. The molecule has 1 aliphatic rings. The van der Waals surface area contributed by atoms with Crippen LogP contribution in [-0.2, 0) is 21.4 Å². The van der Waals surface area contributed by atoms with E-state index in [-0.39, 0.29) is 11.4 Å². The zero-order chi connectivity index (χ0) is 27.1. The molecule has 3 aromatic rings.